The van der Waals surface area contributed by atoms with Crippen LogP contribution in [-0.4, -0.2) is 23.7 Å². The molecule has 1 unspecified atom stereocenters. The number of nitrogens with one attached hydrogen (secondary N) is 1. The molecule has 0 amide bonds. The minimum atomic E-state index is -1.18. The zero-order valence-corrected chi connectivity index (χ0v) is 7.17. The second-order valence-corrected chi connectivity index (χ2v) is 2.52. The molecule has 0 saturated carbocycles. The highest BCUT2D eigenvalue weighted by atomic mass is 19.1. The largest absolute Gasteiger partial charge is 0.336 e. The van der Waals surface area contributed by atoms with Gasteiger partial charge in [-0.05, 0) is 14.0 Å². The molecule has 1 aromatic rings. The molecule has 0 aromatic carbocycles. The molecular weight excluding hydrogens is 161 g/mol. The number of likely N-dealkylation sites (N-methyl/N-ethyl adjacent to an activating group) is 1. The van der Waals surface area contributed by atoms with Crippen LogP contribution in [0.25, 0.3) is 0 Å². The second kappa shape index (κ2) is 4.15. The van der Waals surface area contributed by atoms with E-state index in [1.54, 1.807) is 0 Å². The molecule has 1 N–H and O–H groups in total. The normalized spacial score (nSPS) is 13.2. The molecule has 5 heteroatoms. The van der Waals surface area contributed by atoms with Crippen molar-refractivity contribution >= 4 is 0 Å². The summed E-state index contributed by atoms with van der Waals surface area (Å²) in [5.74, 6) is 0.602. The highest BCUT2D eigenvalue weighted by molar-refractivity contribution is 4.89. The topological polar surface area (TPSA) is 51.0 Å². The lowest BCUT2D eigenvalue weighted by Crippen LogP contribution is -2.11. The van der Waals surface area contributed by atoms with Gasteiger partial charge in [-0.3, -0.25) is 0 Å². The molecule has 0 aliphatic heterocycles. The van der Waals surface area contributed by atoms with E-state index in [2.05, 4.69) is 20.0 Å². The molecule has 0 fully saturated rings. The summed E-state index contributed by atoms with van der Waals surface area (Å²) in [7, 11) is 1.83. The molecular formula is C7H12FN3O. The van der Waals surface area contributed by atoms with E-state index in [4.69, 9.17) is 0 Å². The summed E-state index contributed by atoms with van der Waals surface area (Å²) in [6.07, 6.45) is -0.520. The van der Waals surface area contributed by atoms with Crippen molar-refractivity contribution in [2.45, 2.75) is 19.5 Å². The quantitative estimate of drug-likeness (QED) is 0.733. The standard InChI is InChI=1S/C7H12FN3O/c1-5(8)7-10-6(11-12-7)3-4-9-2/h5,9H,3-4H2,1-2H3. The maximum absolute atomic E-state index is 12.6. The lowest BCUT2D eigenvalue weighted by atomic mass is 10.4. The highest BCUT2D eigenvalue weighted by Crippen LogP contribution is 2.12. The van der Waals surface area contributed by atoms with Gasteiger partial charge in [-0.2, -0.15) is 4.98 Å². The molecule has 0 aliphatic rings. The number of hydrogen-bond acceptors (Lipinski definition) is 4. The van der Waals surface area contributed by atoms with Gasteiger partial charge < -0.3 is 9.84 Å². The molecule has 1 atom stereocenters. The predicted octanol–water partition coefficient (Wildman–Crippen LogP) is 0.862. The number of nitrogens with zero attached hydrogens (tertiary/aromatic N) is 2. The van der Waals surface area contributed by atoms with Crippen molar-refractivity contribution in [2.75, 3.05) is 13.6 Å². The monoisotopic (exact) mass is 173 g/mol. The Balaban J connectivity index is 2.52. The van der Waals surface area contributed by atoms with Gasteiger partial charge in [0.25, 0.3) is 5.89 Å². The SMILES string of the molecule is CNCCc1noc(C(C)F)n1. The Labute approximate surface area is 70.2 Å². The van der Waals surface area contributed by atoms with Crippen LogP contribution in [0.2, 0.25) is 0 Å². The summed E-state index contributed by atoms with van der Waals surface area (Å²) < 4.78 is 17.2. The van der Waals surface area contributed by atoms with Crippen LogP contribution < -0.4 is 5.32 Å². The van der Waals surface area contributed by atoms with Crippen LogP contribution in [-0.2, 0) is 6.42 Å². The van der Waals surface area contributed by atoms with E-state index in [1.165, 1.54) is 6.92 Å². The molecule has 1 rings (SSSR count). The third-order valence-electron chi connectivity index (χ3n) is 1.42. The first-order valence-corrected chi connectivity index (χ1v) is 3.85. The highest BCUT2D eigenvalue weighted by Gasteiger charge is 2.11. The number of rotatable bonds is 4. The van der Waals surface area contributed by atoms with Crippen molar-refractivity contribution in [1.29, 1.82) is 0 Å². The lowest BCUT2D eigenvalue weighted by Gasteiger charge is -1.91. The third kappa shape index (κ3) is 2.27. The van der Waals surface area contributed by atoms with E-state index in [0.29, 0.717) is 12.2 Å². The van der Waals surface area contributed by atoms with Gasteiger partial charge in [0, 0.05) is 13.0 Å². The maximum atomic E-state index is 12.6. The Morgan fingerprint density at radius 3 is 2.92 bits per heavy atom. The summed E-state index contributed by atoms with van der Waals surface area (Å²) in [6, 6.07) is 0. The average Bonchev–Trinajstić information content (AvgIpc) is 2.48. The molecule has 0 bridgehead atoms. The first kappa shape index (κ1) is 9.12. The summed E-state index contributed by atoms with van der Waals surface area (Å²) >= 11 is 0. The van der Waals surface area contributed by atoms with Crippen LogP contribution in [0.4, 0.5) is 4.39 Å². The fourth-order valence-electron chi connectivity index (χ4n) is 0.767. The van der Waals surface area contributed by atoms with Crippen LogP contribution in [0.3, 0.4) is 0 Å². The van der Waals surface area contributed by atoms with E-state index in [1.807, 2.05) is 7.05 Å². The molecule has 12 heavy (non-hydrogen) atoms. The van der Waals surface area contributed by atoms with Crippen molar-refractivity contribution in [2.24, 2.45) is 0 Å². The molecule has 0 radical (unpaired) electrons. The van der Waals surface area contributed by atoms with Crippen LogP contribution in [0, 0.1) is 0 Å². The first-order valence-electron chi connectivity index (χ1n) is 3.85. The Morgan fingerprint density at radius 2 is 2.42 bits per heavy atom. The molecule has 68 valence electrons. The molecule has 0 saturated heterocycles. The van der Waals surface area contributed by atoms with Crippen molar-refractivity contribution < 1.29 is 8.91 Å². The number of alkyl halides is 1. The van der Waals surface area contributed by atoms with Gasteiger partial charge >= 0.3 is 0 Å². The van der Waals surface area contributed by atoms with Crippen molar-refractivity contribution in [3.8, 4) is 0 Å². The van der Waals surface area contributed by atoms with Crippen LogP contribution >= 0.6 is 0 Å². The third-order valence-corrected chi connectivity index (χ3v) is 1.42. The fourth-order valence-corrected chi connectivity index (χ4v) is 0.767. The van der Waals surface area contributed by atoms with E-state index >= 15 is 0 Å². The summed E-state index contributed by atoms with van der Waals surface area (Å²) in [5.41, 5.74) is 0. The Morgan fingerprint density at radius 1 is 1.67 bits per heavy atom. The van der Waals surface area contributed by atoms with Gasteiger partial charge in [-0.1, -0.05) is 5.16 Å². The molecule has 0 spiro atoms. The van der Waals surface area contributed by atoms with Crippen LogP contribution in [0.1, 0.15) is 24.8 Å². The van der Waals surface area contributed by atoms with Gasteiger partial charge in [0.1, 0.15) is 0 Å². The summed E-state index contributed by atoms with van der Waals surface area (Å²) in [5, 5.41) is 6.55. The van der Waals surface area contributed by atoms with Crippen LogP contribution in [0.5, 0.6) is 0 Å². The first-order chi connectivity index (χ1) is 5.74. The molecule has 4 nitrogen and oxygen atoms in total. The van der Waals surface area contributed by atoms with E-state index in [-0.39, 0.29) is 5.89 Å². The Kier molecular flexibility index (Phi) is 3.16. The summed E-state index contributed by atoms with van der Waals surface area (Å²) in [4.78, 5) is 3.85. The minimum absolute atomic E-state index is 0.0566. The molecule has 1 aromatic heterocycles. The Bertz CT molecular complexity index is 236. The zero-order valence-electron chi connectivity index (χ0n) is 7.17. The predicted molar refractivity (Wildman–Crippen MR) is 41.5 cm³/mol. The van der Waals surface area contributed by atoms with Gasteiger partial charge in [0.15, 0.2) is 12.0 Å². The van der Waals surface area contributed by atoms with Crippen molar-refractivity contribution in [3.63, 3.8) is 0 Å². The smallest absolute Gasteiger partial charge is 0.260 e. The van der Waals surface area contributed by atoms with Gasteiger partial charge in [-0.15, -0.1) is 0 Å². The zero-order chi connectivity index (χ0) is 8.97. The fraction of sp³-hybridized carbons (Fsp3) is 0.714. The Hall–Kier alpha value is -0.970. The van der Waals surface area contributed by atoms with E-state index in [0.717, 1.165) is 6.54 Å². The number of halogens is 1. The van der Waals surface area contributed by atoms with Crippen molar-refractivity contribution in [1.82, 2.24) is 15.5 Å². The van der Waals surface area contributed by atoms with E-state index < -0.39 is 6.17 Å². The lowest BCUT2D eigenvalue weighted by molar-refractivity contribution is 0.264. The average molecular weight is 173 g/mol. The maximum Gasteiger partial charge on any atom is 0.260 e. The molecule has 0 aliphatic carbocycles. The summed E-state index contributed by atoms with van der Waals surface area (Å²) in [6.45, 7) is 2.13. The second-order valence-electron chi connectivity index (χ2n) is 2.52. The van der Waals surface area contributed by atoms with Gasteiger partial charge in [0.2, 0.25) is 0 Å². The number of aromatic nitrogens is 2. The van der Waals surface area contributed by atoms with Crippen LogP contribution in [0.15, 0.2) is 4.52 Å². The van der Waals surface area contributed by atoms with E-state index in [9.17, 15) is 4.39 Å². The van der Waals surface area contributed by atoms with Gasteiger partial charge in [0.05, 0.1) is 0 Å². The number of hydrogen-bond donors (Lipinski definition) is 1. The van der Waals surface area contributed by atoms with Crippen molar-refractivity contribution in [3.05, 3.63) is 11.7 Å². The van der Waals surface area contributed by atoms with Gasteiger partial charge in [-0.25, -0.2) is 4.39 Å². The minimum Gasteiger partial charge on any atom is -0.336 e. The molecule has 1 heterocycles.